The normalized spacial score (nSPS) is 17.5. The molecule has 2 aliphatic rings. The van der Waals surface area contributed by atoms with Crippen LogP contribution in [0.3, 0.4) is 0 Å². The molecule has 7 heteroatoms. The van der Waals surface area contributed by atoms with E-state index < -0.39 is 5.97 Å². The Labute approximate surface area is 184 Å². The maximum Gasteiger partial charge on any atom is 0.409 e. The lowest BCUT2D eigenvalue weighted by Gasteiger charge is -2.19. The monoisotopic (exact) mass is 434 g/mol. The number of aromatic carboxylic acids is 1. The van der Waals surface area contributed by atoms with Crippen molar-refractivity contribution in [1.29, 1.82) is 0 Å². The van der Waals surface area contributed by atoms with Gasteiger partial charge in [-0.3, -0.25) is 0 Å². The number of rotatable bonds is 4. The summed E-state index contributed by atoms with van der Waals surface area (Å²) >= 11 is 1.21. The molecule has 3 aromatic rings. The molecule has 31 heavy (non-hydrogen) atoms. The van der Waals surface area contributed by atoms with E-state index in [9.17, 15) is 14.7 Å². The number of carbonyl (C=O) groups excluding carboxylic acids is 1. The molecule has 0 saturated carbocycles. The minimum absolute atomic E-state index is 0.0366. The molecular formula is C24H22N2O4S. The van der Waals surface area contributed by atoms with Gasteiger partial charge in [0, 0.05) is 24.9 Å². The molecule has 1 fully saturated rings. The number of aromatic nitrogens is 1. The van der Waals surface area contributed by atoms with Gasteiger partial charge < -0.3 is 14.7 Å². The van der Waals surface area contributed by atoms with E-state index in [0.717, 1.165) is 11.4 Å². The molecule has 1 saturated heterocycles. The topological polar surface area (TPSA) is 79.7 Å². The zero-order valence-corrected chi connectivity index (χ0v) is 17.9. The van der Waals surface area contributed by atoms with Crippen molar-refractivity contribution >= 4 is 23.4 Å². The van der Waals surface area contributed by atoms with Gasteiger partial charge in [-0.05, 0) is 35.6 Å². The Bertz CT molecular complexity index is 1130. The number of aryl methyl sites for hydroxylation is 1. The lowest BCUT2D eigenvalue weighted by atomic mass is 9.98. The second kappa shape index (κ2) is 7.81. The van der Waals surface area contributed by atoms with Crippen molar-refractivity contribution in [3.63, 3.8) is 0 Å². The van der Waals surface area contributed by atoms with E-state index >= 15 is 0 Å². The van der Waals surface area contributed by atoms with Gasteiger partial charge in [0.1, 0.15) is 11.5 Å². The first kappa shape index (κ1) is 19.8. The highest BCUT2D eigenvalue weighted by Crippen LogP contribution is 2.44. The van der Waals surface area contributed by atoms with Gasteiger partial charge in [-0.25, -0.2) is 14.6 Å². The van der Waals surface area contributed by atoms with Crippen LogP contribution in [-0.4, -0.2) is 46.7 Å². The molecule has 0 bridgehead atoms. The number of amides is 1. The van der Waals surface area contributed by atoms with Crippen LogP contribution in [0.2, 0.25) is 0 Å². The smallest absolute Gasteiger partial charge is 0.409 e. The lowest BCUT2D eigenvalue weighted by molar-refractivity contribution is 0.0701. The third-order valence-corrected chi connectivity index (χ3v) is 7.45. The minimum Gasteiger partial charge on any atom is -0.477 e. The Kier molecular flexibility index (Phi) is 4.98. The van der Waals surface area contributed by atoms with E-state index in [0.29, 0.717) is 25.4 Å². The first-order valence-corrected chi connectivity index (χ1v) is 11.1. The molecule has 1 aliphatic carbocycles. The van der Waals surface area contributed by atoms with Crippen LogP contribution in [0.15, 0.2) is 48.5 Å². The first-order chi connectivity index (χ1) is 15.0. The highest BCUT2D eigenvalue weighted by Gasteiger charge is 2.33. The third kappa shape index (κ3) is 3.49. The Hall–Kier alpha value is -3.19. The standard InChI is InChI=1S/C24H22N2O4S/c1-14-21(23(27)28)31-22(25-14)15-10-11-26(12-15)24(29)30-13-20-18-8-4-2-6-16(18)17-7-3-5-9-19(17)20/h2-9,15,20H,10-13H2,1H3,(H,27,28). The summed E-state index contributed by atoms with van der Waals surface area (Å²) in [6.45, 7) is 3.10. The van der Waals surface area contributed by atoms with Gasteiger partial charge in [0.25, 0.3) is 0 Å². The number of benzene rings is 2. The Morgan fingerprint density at radius 2 is 1.77 bits per heavy atom. The largest absolute Gasteiger partial charge is 0.477 e. The van der Waals surface area contributed by atoms with Crippen LogP contribution in [0.1, 0.15) is 49.8 Å². The minimum atomic E-state index is -0.951. The molecule has 0 spiro atoms. The van der Waals surface area contributed by atoms with Crippen LogP contribution in [0, 0.1) is 6.92 Å². The van der Waals surface area contributed by atoms with Crippen LogP contribution in [0.25, 0.3) is 11.1 Å². The number of carboxylic acids is 1. The summed E-state index contributed by atoms with van der Waals surface area (Å²) < 4.78 is 5.75. The molecule has 5 rings (SSSR count). The molecule has 158 valence electrons. The number of likely N-dealkylation sites (tertiary alicyclic amines) is 1. The average Bonchev–Trinajstić information content (AvgIpc) is 3.48. The zero-order valence-electron chi connectivity index (χ0n) is 17.1. The maximum absolute atomic E-state index is 12.8. The molecule has 1 atom stereocenters. The summed E-state index contributed by atoms with van der Waals surface area (Å²) in [5.41, 5.74) is 5.32. The van der Waals surface area contributed by atoms with Crippen LogP contribution >= 0.6 is 11.3 Å². The molecule has 0 radical (unpaired) electrons. The zero-order chi connectivity index (χ0) is 21.5. The SMILES string of the molecule is Cc1nc(C2CCN(C(=O)OCC3c4ccccc4-c4ccccc43)C2)sc1C(=O)O. The summed E-state index contributed by atoms with van der Waals surface area (Å²) in [6.07, 6.45) is 0.437. The van der Waals surface area contributed by atoms with Gasteiger partial charge in [0.2, 0.25) is 0 Å². The fourth-order valence-corrected chi connectivity index (χ4v) is 5.63. The molecule has 1 amide bonds. The number of ether oxygens (including phenoxy) is 1. The average molecular weight is 435 g/mol. The number of thiazole rings is 1. The van der Waals surface area contributed by atoms with Crippen molar-refractivity contribution in [2.75, 3.05) is 19.7 Å². The van der Waals surface area contributed by atoms with Gasteiger partial charge >= 0.3 is 12.1 Å². The van der Waals surface area contributed by atoms with Crippen LogP contribution in [0.4, 0.5) is 4.79 Å². The highest BCUT2D eigenvalue weighted by molar-refractivity contribution is 7.13. The maximum atomic E-state index is 12.8. The van der Waals surface area contributed by atoms with Crippen molar-refractivity contribution in [2.45, 2.75) is 25.2 Å². The lowest BCUT2D eigenvalue weighted by Crippen LogP contribution is -2.30. The van der Waals surface area contributed by atoms with Gasteiger partial charge in [0.05, 0.1) is 10.7 Å². The molecule has 1 aliphatic heterocycles. The van der Waals surface area contributed by atoms with Crippen LogP contribution in [0.5, 0.6) is 0 Å². The number of hydrogen-bond donors (Lipinski definition) is 1. The predicted molar refractivity (Wildman–Crippen MR) is 118 cm³/mol. The molecule has 1 unspecified atom stereocenters. The van der Waals surface area contributed by atoms with Gasteiger partial charge in [0.15, 0.2) is 0 Å². The van der Waals surface area contributed by atoms with E-state index in [2.05, 4.69) is 29.2 Å². The Balaban J connectivity index is 1.26. The van der Waals surface area contributed by atoms with E-state index in [1.165, 1.54) is 33.6 Å². The van der Waals surface area contributed by atoms with Crippen molar-refractivity contribution < 1.29 is 19.4 Å². The number of carbonyl (C=O) groups is 2. The summed E-state index contributed by atoms with van der Waals surface area (Å²) in [5, 5.41) is 10.0. The quantitative estimate of drug-likeness (QED) is 0.633. The van der Waals surface area contributed by atoms with E-state index in [1.54, 1.807) is 11.8 Å². The fourth-order valence-electron chi connectivity index (χ4n) is 4.60. The highest BCUT2D eigenvalue weighted by atomic mass is 32.1. The van der Waals surface area contributed by atoms with Crippen LogP contribution in [-0.2, 0) is 4.74 Å². The van der Waals surface area contributed by atoms with Gasteiger partial charge in [-0.2, -0.15) is 0 Å². The number of fused-ring (bicyclic) bond motifs is 3. The summed E-state index contributed by atoms with van der Waals surface area (Å²) in [6, 6.07) is 16.5. The van der Waals surface area contributed by atoms with Crippen molar-refractivity contribution in [3.05, 3.63) is 75.2 Å². The first-order valence-electron chi connectivity index (χ1n) is 10.3. The second-order valence-corrected chi connectivity index (χ2v) is 9.04. The molecular weight excluding hydrogens is 412 g/mol. The van der Waals surface area contributed by atoms with Crippen molar-refractivity contribution in [2.24, 2.45) is 0 Å². The van der Waals surface area contributed by atoms with Crippen LogP contribution < -0.4 is 0 Å². The molecule has 2 heterocycles. The summed E-state index contributed by atoms with van der Waals surface area (Å²) in [4.78, 5) is 30.5. The Morgan fingerprint density at radius 3 is 2.39 bits per heavy atom. The fraction of sp³-hybridized carbons (Fsp3) is 0.292. The van der Waals surface area contributed by atoms with Gasteiger partial charge in [-0.1, -0.05) is 48.5 Å². The van der Waals surface area contributed by atoms with E-state index in [1.807, 2.05) is 24.3 Å². The molecule has 6 nitrogen and oxygen atoms in total. The molecule has 2 aromatic carbocycles. The predicted octanol–water partition coefficient (Wildman–Crippen LogP) is 4.89. The molecule has 1 N–H and O–H groups in total. The third-order valence-electron chi connectivity index (χ3n) is 6.14. The van der Waals surface area contributed by atoms with E-state index in [-0.39, 0.29) is 22.8 Å². The van der Waals surface area contributed by atoms with Crippen molar-refractivity contribution in [3.8, 4) is 11.1 Å². The number of nitrogens with zero attached hydrogens (tertiary/aromatic N) is 2. The van der Waals surface area contributed by atoms with Crippen molar-refractivity contribution in [1.82, 2.24) is 9.88 Å². The number of hydrogen-bond acceptors (Lipinski definition) is 5. The Morgan fingerprint density at radius 1 is 1.13 bits per heavy atom. The second-order valence-electron chi connectivity index (χ2n) is 8.01. The molecule has 1 aromatic heterocycles. The summed E-state index contributed by atoms with van der Waals surface area (Å²) in [7, 11) is 0. The number of carboxylic acid groups (broad SMARTS) is 1. The summed E-state index contributed by atoms with van der Waals surface area (Å²) in [5.74, 6) is -0.862. The van der Waals surface area contributed by atoms with E-state index in [4.69, 9.17) is 4.74 Å². The van der Waals surface area contributed by atoms with Gasteiger partial charge in [-0.15, -0.1) is 11.3 Å².